The van der Waals surface area contributed by atoms with E-state index >= 15 is 0 Å². The monoisotopic (exact) mass is 231 g/mol. The molecule has 0 saturated carbocycles. The zero-order chi connectivity index (χ0) is 7.84. The average molecular weight is 232 g/mol. The van der Waals surface area contributed by atoms with Gasteiger partial charge < -0.3 is 4.42 Å². The van der Waals surface area contributed by atoms with E-state index in [-0.39, 0.29) is 0 Å². The molecule has 0 bridgehead atoms. The first-order valence-corrected chi connectivity index (χ1v) is 4.14. The van der Waals surface area contributed by atoms with Crippen LogP contribution in [0.1, 0.15) is 0 Å². The summed E-state index contributed by atoms with van der Waals surface area (Å²) in [5.74, 6) is 0. The fourth-order valence-electron chi connectivity index (χ4n) is 0.860. The molecule has 2 rings (SSSR count). The van der Waals surface area contributed by atoms with Crippen LogP contribution < -0.4 is 0 Å². The standard InChI is InChI=1S/C7H3BrClNO/c8-4-3-11-5-1-2-6(9)10-7(4)5/h1-3H. The van der Waals surface area contributed by atoms with Gasteiger partial charge in [0.05, 0.1) is 4.47 Å². The van der Waals surface area contributed by atoms with Crippen LogP contribution in [0.2, 0.25) is 5.15 Å². The summed E-state index contributed by atoms with van der Waals surface area (Å²) in [6.07, 6.45) is 1.59. The number of hydrogen-bond acceptors (Lipinski definition) is 2. The van der Waals surface area contributed by atoms with Gasteiger partial charge in [-0.05, 0) is 28.1 Å². The van der Waals surface area contributed by atoms with Crippen molar-refractivity contribution in [1.82, 2.24) is 4.98 Å². The molecule has 0 amide bonds. The van der Waals surface area contributed by atoms with E-state index < -0.39 is 0 Å². The van der Waals surface area contributed by atoms with Crippen LogP contribution in [0, 0.1) is 0 Å². The molecule has 0 unspecified atom stereocenters. The number of nitrogens with zero attached hydrogens (tertiary/aromatic N) is 1. The normalized spacial score (nSPS) is 10.7. The number of fused-ring (bicyclic) bond motifs is 1. The molecule has 2 aromatic rings. The summed E-state index contributed by atoms with van der Waals surface area (Å²) in [5, 5.41) is 0.472. The molecule has 0 fully saturated rings. The Bertz CT molecular complexity index is 398. The van der Waals surface area contributed by atoms with Gasteiger partial charge in [-0.1, -0.05) is 11.6 Å². The molecule has 0 aliphatic rings. The van der Waals surface area contributed by atoms with Gasteiger partial charge in [0.15, 0.2) is 5.58 Å². The number of pyridine rings is 1. The molecule has 0 atom stereocenters. The third kappa shape index (κ3) is 1.14. The van der Waals surface area contributed by atoms with Crippen LogP contribution >= 0.6 is 27.5 Å². The quantitative estimate of drug-likeness (QED) is 0.652. The molecule has 11 heavy (non-hydrogen) atoms. The van der Waals surface area contributed by atoms with Gasteiger partial charge in [0, 0.05) is 0 Å². The molecule has 2 nitrogen and oxygen atoms in total. The minimum atomic E-state index is 0.472. The van der Waals surface area contributed by atoms with Crippen molar-refractivity contribution in [2.75, 3.05) is 0 Å². The minimum Gasteiger partial charge on any atom is -0.461 e. The first-order valence-electron chi connectivity index (χ1n) is 2.96. The van der Waals surface area contributed by atoms with E-state index in [0.29, 0.717) is 5.15 Å². The van der Waals surface area contributed by atoms with E-state index in [1.165, 1.54) is 0 Å². The molecule has 0 saturated heterocycles. The van der Waals surface area contributed by atoms with Gasteiger partial charge in [0.2, 0.25) is 0 Å². The Labute approximate surface area is 76.3 Å². The first kappa shape index (κ1) is 7.13. The lowest BCUT2D eigenvalue weighted by atomic mass is 10.4. The van der Waals surface area contributed by atoms with E-state index in [0.717, 1.165) is 15.6 Å². The van der Waals surface area contributed by atoms with Gasteiger partial charge in [-0.25, -0.2) is 4.98 Å². The molecule has 0 aliphatic carbocycles. The SMILES string of the molecule is Clc1ccc2occ(Br)c2n1. The predicted octanol–water partition coefficient (Wildman–Crippen LogP) is 3.24. The van der Waals surface area contributed by atoms with E-state index in [1.54, 1.807) is 18.4 Å². The highest BCUT2D eigenvalue weighted by Gasteiger charge is 2.03. The molecular weight excluding hydrogens is 229 g/mol. The summed E-state index contributed by atoms with van der Waals surface area (Å²) in [6.45, 7) is 0. The molecule has 2 heterocycles. The highest BCUT2D eigenvalue weighted by atomic mass is 79.9. The number of rotatable bonds is 0. The molecule has 0 N–H and O–H groups in total. The van der Waals surface area contributed by atoms with Gasteiger partial charge in [0.25, 0.3) is 0 Å². The lowest BCUT2D eigenvalue weighted by Gasteiger charge is -1.88. The molecule has 0 radical (unpaired) electrons. The Hall–Kier alpha value is -0.540. The maximum atomic E-state index is 5.67. The molecule has 0 aromatic carbocycles. The lowest BCUT2D eigenvalue weighted by molar-refractivity contribution is 0.613. The van der Waals surface area contributed by atoms with Gasteiger partial charge in [-0.2, -0.15) is 0 Å². The Morgan fingerprint density at radius 3 is 3.09 bits per heavy atom. The Kier molecular flexibility index (Phi) is 1.62. The highest BCUT2D eigenvalue weighted by molar-refractivity contribution is 9.10. The lowest BCUT2D eigenvalue weighted by Crippen LogP contribution is -1.73. The predicted molar refractivity (Wildman–Crippen MR) is 46.7 cm³/mol. The Morgan fingerprint density at radius 1 is 1.45 bits per heavy atom. The van der Waals surface area contributed by atoms with Crippen LogP contribution in [0.25, 0.3) is 11.1 Å². The van der Waals surface area contributed by atoms with Crippen LogP contribution in [0.5, 0.6) is 0 Å². The Morgan fingerprint density at radius 2 is 2.27 bits per heavy atom. The van der Waals surface area contributed by atoms with Crippen molar-refractivity contribution in [1.29, 1.82) is 0 Å². The second kappa shape index (κ2) is 2.50. The third-order valence-corrected chi connectivity index (χ3v) is 2.11. The fourth-order valence-corrected chi connectivity index (χ4v) is 1.38. The first-order chi connectivity index (χ1) is 5.27. The summed E-state index contributed by atoms with van der Waals surface area (Å²) in [6, 6.07) is 3.48. The molecule has 2 aromatic heterocycles. The molecular formula is C7H3BrClNO. The largest absolute Gasteiger partial charge is 0.461 e. The Balaban J connectivity index is 2.87. The minimum absolute atomic E-state index is 0.472. The fraction of sp³-hybridized carbons (Fsp3) is 0. The average Bonchev–Trinajstić information content (AvgIpc) is 2.33. The maximum Gasteiger partial charge on any atom is 0.153 e. The van der Waals surface area contributed by atoms with E-state index in [9.17, 15) is 0 Å². The highest BCUT2D eigenvalue weighted by Crippen LogP contribution is 2.25. The van der Waals surface area contributed by atoms with Crippen molar-refractivity contribution in [3.05, 3.63) is 28.0 Å². The molecule has 4 heteroatoms. The van der Waals surface area contributed by atoms with E-state index in [4.69, 9.17) is 16.0 Å². The van der Waals surface area contributed by atoms with E-state index in [1.807, 2.05) is 0 Å². The molecule has 0 aliphatic heterocycles. The number of halogens is 2. The van der Waals surface area contributed by atoms with Crippen molar-refractivity contribution in [3.8, 4) is 0 Å². The van der Waals surface area contributed by atoms with Crippen LogP contribution in [0.15, 0.2) is 27.3 Å². The van der Waals surface area contributed by atoms with Gasteiger partial charge >= 0.3 is 0 Å². The van der Waals surface area contributed by atoms with Crippen LogP contribution in [-0.4, -0.2) is 4.98 Å². The summed E-state index contributed by atoms with van der Waals surface area (Å²) in [4.78, 5) is 4.06. The third-order valence-electron chi connectivity index (χ3n) is 1.34. The van der Waals surface area contributed by atoms with Gasteiger partial charge in [0.1, 0.15) is 16.9 Å². The van der Waals surface area contributed by atoms with Crippen LogP contribution in [-0.2, 0) is 0 Å². The van der Waals surface area contributed by atoms with Gasteiger partial charge in [-0.3, -0.25) is 0 Å². The number of aromatic nitrogens is 1. The second-order valence-corrected chi connectivity index (χ2v) is 3.31. The molecule has 56 valence electrons. The topological polar surface area (TPSA) is 26.0 Å². The number of hydrogen-bond donors (Lipinski definition) is 0. The van der Waals surface area contributed by atoms with Crippen molar-refractivity contribution in [2.24, 2.45) is 0 Å². The van der Waals surface area contributed by atoms with Crippen molar-refractivity contribution in [3.63, 3.8) is 0 Å². The van der Waals surface area contributed by atoms with Crippen LogP contribution in [0.4, 0.5) is 0 Å². The summed E-state index contributed by atoms with van der Waals surface area (Å²) in [5.41, 5.74) is 1.50. The summed E-state index contributed by atoms with van der Waals surface area (Å²) in [7, 11) is 0. The second-order valence-electron chi connectivity index (χ2n) is 2.06. The van der Waals surface area contributed by atoms with Crippen molar-refractivity contribution in [2.45, 2.75) is 0 Å². The molecule has 0 spiro atoms. The van der Waals surface area contributed by atoms with Crippen molar-refractivity contribution >= 4 is 38.6 Å². The summed E-state index contributed by atoms with van der Waals surface area (Å²) < 4.78 is 5.96. The van der Waals surface area contributed by atoms with Gasteiger partial charge in [-0.15, -0.1) is 0 Å². The smallest absolute Gasteiger partial charge is 0.153 e. The summed E-state index contributed by atoms with van der Waals surface area (Å²) >= 11 is 8.96. The van der Waals surface area contributed by atoms with Crippen LogP contribution in [0.3, 0.4) is 0 Å². The maximum absolute atomic E-state index is 5.67. The number of furan rings is 1. The van der Waals surface area contributed by atoms with E-state index in [2.05, 4.69) is 20.9 Å². The van der Waals surface area contributed by atoms with Crippen molar-refractivity contribution < 1.29 is 4.42 Å². The zero-order valence-corrected chi connectivity index (χ0v) is 7.69. The zero-order valence-electron chi connectivity index (χ0n) is 5.34.